The third-order valence-corrected chi connectivity index (χ3v) is 2.19. The largest absolute Gasteiger partial charge is 0.285 e. The molecule has 2 heteroatoms. The minimum absolute atomic E-state index is 0.478. The van der Waals surface area contributed by atoms with Crippen molar-refractivity contribution < 1.29 is 0 Å². The summed E-state index contributed by atoms with van der Waals surface area (Å²) < 4.78 is 0. The smallest absolute Gasteiger partial charge is 0.0870 e. The Bertz CT molecular complexity index is 146. The van der Waals surface area contributed by atoms with Crippen LogP contribution in [0.15, 0.2) is 0 Å². The molecule has 0 aromatic rings. The standard InChI is InChI=1S/C10H20N2/c1-5-6-10(4)12(8-7-11)9(2)3/h9-10H,5-6,8H2,1-4H3. The average Bonchev–Trinajstić information content (AvgIpc) is 1.99. The average molecular weight is 168 g/mol. The quantitative estimate of drug-likeness (QED) is 0.589. The van der Waals surface area contributed by atoms with Crippen LogP contribution in [0.25, 0.3) is 0 Å². The Kier molecular flexibility index (Phi) is 5.74. The van der Waals surface area contributed by atoms with Crippen LogP contribution in [0.5, 0.6) is 0 Å². The van der Waals surface area contributed by atoms with Crippen molar-refractivity contribution in [3.05, 3.63) is 0 Å². The number of rotatable bonds is 5. The molecule has 70 valence electrons. The van der Waals surface area contributed by atoms with E-state index in [0.717, 1.165) is 0 Å². The fourth-order valence-electron chi connectivity index (χ4n) is 1.51. The van der Waals surface area contributed by atoms with Gasteiger partial charge in [-0.3, -0.25) is 4.90 Å². The second-order valence-electron chi connectivity index (χ2n) is 3.56. The van der Waals surface area contributed by atoms with E-state index in [1.807, 2.05) is 0 Å². The van der Waals surface area contributed by atoms with Crippen LogP contribution in [0.2, 0.25) is 0 Å². The van der Waals surface area contributed by atoms with Gasteiger partial charge in [-0.05, 0) is 27.2 Å². The molecule has 0 N–H and O–H groups in total. The molecule has 0 bridgehead atoms. The zero-order valence-electron chi connectivity index (χ0n) is 8.67. The second-order valence-corrected chi connectivity index (χ2v) is 3.56. The molecule has 0 aliphatic heterocycles. The van der Waals surface area contributed by atoms with Crippen LogP contribution in [0, 0.1) is 11.3 Å². The lowest BCUT2D eigenvalue weighted by atomic mass is 10.1. The van der Waals surface area contributed by atoms with Gasteiger partial charge in [0.1, 0.15) is 0 Å². The Morgan fingerprint density at radius 1 is 1.33 bits per heavy atom. The van der Waals surface area contributed by atoms with Gasteiger partial charge >= 0.3 is 0 Å². The van der Waals surface area contributed by atoms with Gasteiger partial charge in [-0.15, -0.1) is 0 Å². The van der Waals surface area contributed by atoms with E-state index in [2.05, 4.69) is 38.7 Å². The first-order chi connectivity index (χ1) is 5.63. The summed E-state index contributed by atoms with van der Waals surface area (Å²) in [7, 11) is 0. The molecule has 0 amide bonds. The molecule has 0 aromatic carbocycles. The molecule has 0 heterocycles. The summed E-state index contributed by atoms with van der Waals surface area (Å²) in [5.74, 6) is 0. The molecule has 0 fully saturated rings. The fourth-order valence-corrected chi connectivity index (χ4v) is 1.51. The third-order valence-electron chi connectivity index (χ3n) is 2.19. The molecule has 0 aliphatic carbocycles. The van der Waals surface area contributed by atoms with E-state index in [1.54, 1.807) is 0 Å². The van der Waals surface area contributed by atoms with Crippen LogP contribution in [0.4, 0.5) is 0 Å². The highest BCUT2D eigenvalue weighted by atomic mass is 15.2. The first-order valence-electron chi connectivity index (χ1n) is 4.76. The van der Waals surface area contributed by atoms with Gasteiger partial charge in [-0.2, -0.15) is 5.26 Å². The van der Waals surface area contributed by atoms with Crippen LogP contribution >= 0.6 is 0 Å². The molecule has 0 saturated heterocycles. The van der Waals surface area contributed by atoms with Crippen LogP contribution in [-0.4, -0.2) is 23.5 Å². The van der Waals surface area contributed by atoms with Crippen LogP contribution < -0.4 is 0 Å². The van der Waals surface area contributed by atoms with Crippen LogP contribution in [0.1, 0.15) is 40.5 Å². The van der Waals surface area contributed by atoms with E-state index < -0.39 is 0 Å². The van der Waals surface area contributed by atoms with E-state index in [9.17, 15) is 0 Å². The van der Waals surface area contributed by atoms with Crippen molar-refractivity contribution in [2.24, 2.45) is 0 Å². The fraction of sp³-hybridized carbons (Fsp3) is 0.900. The molecule has 1 unspecified atom stereocenters. The van der Waals surface area contributed by atoms with Crippen molar-refractivity contribution in [2.45, 2.75) is 52.6 Å². The lowest BCUT2D eigenvalue weighted by Crippen LogP contribution is -2.38. The van der Waals surface area contributed by atoms with Crippen molar-refractivity contribution in [3.63, 3.8) is 0 Å². The predicted octanol–water partition coefficient (Wildman–Crippen LogP) is 2.41. The minimum Gasteiger partial charge on any atom is -0.285 e. The van der Waals surface area contributed by atoms with Gasteiger partial charge < -0.3 is 0 Å². The SMILES string of the molecule is CCCC(C)N(CC#N)C(C)C. The van der Waals surface area contributed by atoms with Crippen molar-refractivity contribution in [3.8, 4) is 6.07 Å². The third kappa shape index (κ3) is 3.73. The molecule has 0 aliphatic rings. The maximum absolute atomic E-state index is 8.61. The zero-order valence-corrected chi connectivity index (χ0v) is 8.67. The van der Waals surface area contributed by atoms with Gasteiger partial charge in [0.25, 0.3) is 0 Å². The van der Waals surface area contributed by atoms with E-state index in [-0.39, 0.29) is 0 Å². The van der Waals surface area contributed by atoms with Gasteiger partial charge in [-0.1, -0.05) is 13.3 Å². The van der Waals surface area contributed by atoms with Crippen molar-refractivity contribution in [1.29, 1.82) is 5.26 Å². The number of nitriles is 1. The summed E-state index contributed by atoms with van der Waals surface area (Å²) in [5, 5.41) is 8.61. The molecule has 0 rings (SSSR count). The molecular formula is C10H20N2. The summed E-state index contributed by atoms with van der Waals surface area (Å²) in [5.41, 5.74) is 0. The summed E-state index contributed by atoms with van der Waals surface area (Å²) in [6.07, 6.45) is 2.37. The van der Waals surface area contributed by atoms with E-state index in [4.69, 9.17) is 5.26 Å². The lowest BCUT2D eigenvalue weighted by Gasteiger charge is -2.30. The molecule has 0 aromatic heterocycles. The monoisotopic (exact) mass is 168 g/mol. The van der Waals surface area contributed by atoms with Gasteiger partial charge in [0.05, 0.1) is 12.6 Å². The van der Waals surface area contributed by atoms with E-state index in [0.29, 0.717) is 18.6 Å². The maximum Gasteiger partial charge on any atom is 0.0870 e. The molecule has 1 atom stereocenters. The Hall–Kier alpha value is -0.550. The summed E-state index contributed by atoms with van der Waals surface area (Å²) in [6, 6.07) is 3.23. The van der Waals surface area contributed by atoms with Crippen molar-refractivity contribution in [1.82, 2.24) is 4.90 Å². The molecule has 0 radical (unpaired) electrons. The lowest BCUT2D eigenvalue weighted by molar-refractivity contribution is 0.177. The highest BCUT2D eigenvalue weighted by Crippen LogP contribution is 2.09. The van der Waals surface area contributed by atoms with Gasteiger partial charge in [0.15, 0.2) is 0 Å². The Labute approximate surface area is 76.2 Å². The summed E-state index contributed by atoms with van der Waals surface area (Å²) in [4.78, 5) is 2.24. The van der Waals surface area contributed by atoms with Gasteiger partial charge in [0, 0.05) is 12.1 Å². The van der Waals surface area contributed by atoms with Crippen LogP contribution in [-0.2, 0) is 0 Å². The maximum atomic E-state index is 8.61. The van der Waals surface area contributed by atoms with Crippen molar-refractivity contribution in [2.75, 3.05) is 6.54 Å². The normalized spacial score (nSPS) is 13.4. The highest BCUT2D eigenvalue weighted by Gasteiger charge is 2.15. The van der Waals surface area contributed by atoms with E-state index >= 15 is 0 Å². The number of nitrogens with zero attached hydrogens (tertiary/aromatic N) is 2. The molecule has 0 saturated carbocycles. The molecule has 0 spiro atoms. The molecule has 2 nitrogen and oxygen atoms in total. The van der Waals surface area contributed by atoms with Crippen molar-refractivity contribution >= 4 is 0 Å². The van der Waals surface area contributed by atoms with Gasteiger partial charge in [-0.25, -0.2) is 0 Å². The topological polar surface area (TPSA) is 27.0 Å². The van der Waals surface area contributed by atoms with E-state index in [1.165, 1.54) is 12.8 Å². The number of hydrogen-bond donors (Lipinski definition) is 0. The number of hydrogen-bond acceptors (Lipinski definition) is 2. The van der Waals surface area contributed by atoms with Crippen LogP contribution in [0.3, 0.4) is 0 Å². The first-order valence-corrected chi connectivity index (χ1v) is 4.76. The molecular weight excluding hydrogens is 148 g/mol. The first kappa shape index (κ1) is 11.4. The molecule has 12 heavy (non-hydrogen) atoms. The Morgan fingerprint density at radius 2 is 1.92 bits per heavy atom. The summed E-state index contributed by atoms with van der Waals surface area (Å²) in [6.45, 7) is 9.22. The predicted molar refractivity (Wildman–Crippen MR) is 51.8 cm³/mol. The zero-order chi connectivity index (χ0) is 9.56. The Morgan fingerprint density at radius 3 is 2.25 bits per heavy atom. The Balaban J connectivity index is 4.01. The highest BCUT2D eigenvalue weighted by molar-refractivity contribution is 4.81. The summed E-state index contributed by atoms with van der Waals surface area (Å²) >= 11 is 0. The minimum atomic E-state index is 0.478. The van der Waals surface area contributed by atoms with Gasteiger partial charge in [0.2, 0.25) is 0 Å². The second kappa shape index (κ2) is 6.02.